The number of nitrogens with zero attached hydrogens (tertiary/aromatic N) is 6. The zero-order valence-electron chi connectivity index (χ0n) is 22.5. The van der Waals surface area contributed by atoms with Crippen molar-refractivity contribution in [3.8, 4) is 0 Å². The lowest BCUT2D eigenvalue weighted by molar-refractivity contribution is -0.0442. The predicted molar refractivity (Wildman–Crippen MR) is 171 cm³/mol. The third-order valence-electron chi connectivity index (χ3n) is 7.38. The molecule has 3 aliphatic rings. The Kier molecular flexibility index (Phi) is 8.29. The van der Waals surface area contributed by atoms with E-state index in [1.165, 1.54) is 28.0 Å². The topological polar surface area (TPSA) is 233 Å². The number of thioether (sulfide) groups is 1. The zero-order valence-corrected chi connectivity index (χ0v) is 27.6. The van der Waals surface area contributed by atoms with Crippen LogP contribution in [0.1, 0.15) is 11.6 Å². The van der Waals surface area contributed by atoms with E-state index in [1.807, 2.05) is 0 Å². The van der Waals surface area contributed by atoms with E-state index in [2.05, 4.69) is 37.2 Å². The van der Waals surface area contributed by atoms with Crippen molar-refractivity contribution in [3.63, 3.8) is 0 Å². The maximum Gasteiger partial charge on any atom is 0.325 e. The minimum absolute atomic E-state index is 0.00519. The van der Waals surface area contributed by atoms with Gasteiger partial charge in [-0.15, -0.1) is 11.8 Å². The van der Waals surface area contributed by atoms with Gasteiger partial charge in [-0.3, -0.25) is 23.4 Å². The molecular weight excluding hydrogens is 716 g/mol. The van der Waals surface area contributed by atoms with Gasteiger partial charge in [-0.1, -0.05) is 12.2 Å². The number of halogens is 1. The van der Waals surface area contributed by atoms with E-state index in [-0.39, 0.29) is 29.4 Å². The summed E-state index contributed by atoms with van der Waals surface area (Å²) in [5.41, 5.74) is 8.76. The lowest BCUT2D eigenvalue weighted by Gasteiger charge is -2.28. The van der Waals surface area contributed by atoms with Crippen LogP contribution in [0.15, 0.2) is 29.7 Å². The van der Waals surface area contributed by atoms with Crippen LogP contribution in [0.25, 0.3) is 22.3 Å². The number of anilines is 2. The lowest BCUT2D eigenvalue weighted by atomic mass is 10.1. The van der Waals surface area contributed by atoms with Crippen LogP contribution in [0.3, 0.4) is 0 Å². The van der Waals surface area contributed by atoms with Crippen LogP contribution in [-0.2, 0) is 46.4 Å². The molecule has 0 saturated carbocycles. The number of hydrogen-bond acceptors (Lipinski definition) is 16. The Balaban J connectivity index is 1.21. The number of fused-ring (bicyclic) bond motifs is 5. The second-order valence-electron chi connectivity index (χ2n) is 10.2. The van der Waals surface area contributed by atoms with Crippen molar-refractivity contribution in [3.05, 3.63) is 35.3 Å². The molecule has 0 aromatic carbocycles. The fourth-order valence-electron chi connectivity index (χ4n) is 5.34. The van der Waals surface area contributed by atoms with Crippen LogP contribution in [0.2, 0.25) is 0 Å². The number of aromatic nitrogens is 7. The number of imidazole rings is 2. The molecule has 3 aliphatic heterocycles. The minimum Gasteiger partial charge on any atom is -0.397 e. The van der Waals surface area contributed by atoms with Crippen LogP contribution in [-0.4, -0.2) is 93.1 Å². The highest BCUT2D eigenvalue weighted by atomic mass is 32.9. The van der Waals surface area contributed by atoms with Gasteiger partial charge < -0.3 is 39.8 Å². The summed E-state index contributed by atoms with van der Waals surface area (Å²) in [7, 11) is 0. The second kappa shape index (κ2) is 11.7. The van der Waals surface area contributed by atoms with E-state index < -0.39 is 72.0 Å². The minimum atomic E-state index is -4.15. The van der Waals surface area contributed by atoms with Crippen molar-refractivity contribution >= 4 is 94.0 Å². The second-order valence-corrected chi connectivity index (χ2v) is 19.6. The maximum absolute atomic E-state index is 16.1. The number of thiol groups is 1. The monoisotopic (exact) mass is 739 g/mol. The fraction of sp³-hybridized carbons (Fsp3) is 0.476. The third-order valence-corrected chi connectivity index (χ3v) is 12.7. The van der Waals surface area contributed by atoms with E-state index >= 15 is 4.39 Å². The molecule has 7 N–H and O–H groups in total. The van der Waals surface area contributed by atoms with Crippen LogP contribution in [0.4, 0.5) is 16.0 Å². The molecule has 0 radical (unpaired) electrons. The average Bonchev–Trinajstić information content (AvgIpc) is 3.72. The molecule has 45 heavy (non-hydrogen) atoms. The molecule has 0 amide bonds. The normalized spacial score (nSPS) is 37.7. The van der Waals surface area contributed by atoms with Crippen molar-refractivity contribution < 1.29 is 37.2 Å². The maximum atomic E-state index is 16.1. The summed E-state index contributed by atoms with van der Waals surface area (Å²) < 4.78 is 48.3. The van der Waals surface area contributed by atoms with Crippen LogP contribution >= 0.6 is 36.4 Å². The Labute approximate surface area is 271 Å². The molecule has 2 unspecified atom stereocenters. The van der Waals surface area contributed by atoms with E-state index in [9.17, 15) is 14.8 Å². The Morgan fingerprint density at radius 2 is 1.84 bits per heavy atom. The van der Waals surface area contributed by atoms with E-state index in [4.69, 9.17) is 57.9 Å². The van der Waals surface area contributed by atoms with Gasteiger partial charge in [0.1, 0.15) is 29.2 Å². The first kappa shape index (κ1) is 31.8. The highest BCUT2D eigenvalue weighted by molar-refractivity contribution is 8.60. The van der Waals surface area contributed by atoms with Crippen LogP contribution in [0, 0.1) is 0 Å². The largest absolute Gasteiger partial charge is 0.397 e. The van der Waals surface area contributed by atoms with E-state index in [0.29, 0.717) is 11.2 Å². The fourth-order valence-corrected chi connectivity index (χ4v) is 10.4. The van der Waals surface area contributed by atoms with Crippen LogP contribution < -0.4 is 17.0 Å². The number of aromatic amines is 1. The molecule has 24 heteroatoms. The molecule has 10 atom stereocenters. The first-order chi connectivity index (χ1) is 21.3. The average molecular weight is 740 g/mol. The number of ether oxygens (including phenoxy) is 1. The van der Waals surface area contributed by atoms with E-state index in [0.717, 1.165) is 11.8 Å². The van der Waals surface area contributed by atoms with Crippen molar-refractivity contribution in [1.82, 2.24) is 34.1 Å². The van der Waals surface area contributed by atoms with Gasteiger partial charge in [0.15, 0.2) is 29.2 Å². The summed E-state index contributed by atoms with van der Waals surface area (Å²) in [6.07, 6.45) is -4.10. The summed E-state index contributed by atoms with van der Waals surface area (Å²) in [5, 5.41) is 9.72. The molecule has 3 saturated heterocycles. The quantitative estimate of drug-likeness (QED) is 0.125. The number of nitrogen functional groups attached to an aromatic ring is 2. The third kappa shape index (κ3) is 5.83. The molecule has 4 aromatic rings. The number of nitrogens with one attached hydrogen (secondary N) is 1. The predicted octanol–water partition coefficient (Wildman–Crippen LogP) is 1.13. The van der Waals surface area contributed by atoms with Crippen molar-refractivity contribution in [1.29, 1.82) is 0 Å². The van der Waals surface area contributed by atoms with Gasteiger partial charge >= 0.3 is 6.72 Å². The van der Waals surface area contributed by atoms with Crippen molar-refractivity contribution in [2.45, 2.75) is 47.4 Å². The highest BCUT2D eigenvalue weighted by Crippen LogP contribution is 2.60. The number of hydrogen-bond donors (Lipinski definition) is 6. The number of pyridine rings is 1. The molecular formula is C21H24FN9O8P2S4. The van der Waals surface area contributed by atoms with Gasteiger partial charge in [-0.2, -0.15) is 4.98 Å². The Morgan fingerprint density at radius 1 is 1.09 bits per heavy atom. The Morgan fingerprint density at radius 3 is 2.64 bits per heavy atom. The molecule has 3 fully saturated rings. The number of H-pyrrole nitrogens is 1. The molecule has 17 nitrogen and oxygen atoms in total. The zero-order chi connectivity index (χ0) is 31.8. The number of alkyl halides is 1. The van der Waals surface area contributed by atoms with Gasteiger partial charge in [-0.25, -0.2) is 19.3 Å². The van der Waals surface area contributed by atoms with Crippen molar-refractivity contribution in [2.24, 2.45) is 0 Å². The molecule has 7 heterocycles. The van der Waals surface area contributed by atoms with Gasteiger partial charge in [-0.05, 0) is 29.7 Å². The number of nitrogens with two attached hydrogens (primary N) is 2. The summed E-state index contributed by atoms with van der Waals surface area (Å²) in [4.78, 5) is 42.7. The molecule has 7 rings (SSSR count). The molecule has 0 aliphatic carbocycles. The van der Waals surface area contributed by atoms with Gasteiger partial charge in [0.05, 0.1) is 42.9 Å². The summed E-state index contributed by atoms with van der Waals surface area (Å²) in [6.45, 7) is -4.86. The Hall–Kier alpha value is -1.78. The first-order valence-electron chi connectivity index (χ1n) is 13.1. The van der Waals surface area contributed by atoms with Gasteiger partial charge in [0.2, 0.25) is 11.6 Å². The molecule has 4 aromatic heterocycles. The van der Waals surface area contributed by atoms with Crippen molar-refractivity contribution in [2.75, 3.05) is 24.7 Å². The SMILES string of the molecule is Nc1nc2c(ncn2[C@@H]2S[C@@H]3COP(=S)(S)O[C@H]4[C@H](F)[C@H](n5cnc6c(N)ccnc65)O[C@@H]4COP(O)(=S)O[C@@H]2[C@@H]3O)c(=O)[nH]1. The summed E-state index contributed by atoms with van der Waals surface area (Å²) in [6, 6.07) is 1.56. The first-order valence-corrected chi connectivity index (χ1v) is 20.4. The molecule has 0 spiro atoms. The molecule has 242 valence electrons. The smallest absolute Gasteiger partial charge is 0.325 e. The number of aliphatic hydroxyl groups is 1. The highest BCUT2D eigenvalue weighted by Gasteiger charge is 2.52. The Bertz CT molecular complexity index is 1950. The summed E-state index contributed by atoms with van der Waals surface area (Å²) in [5.74, 6) is -0.153. The van der Waals surface area contributed by atoms with Crippen LogP contribution in [0.5, 0.6) is 0 Å². The number of aliphatic hydroxyl groups excluding tert-OH is 1. The number of rotatable bonds is 2. The standard InChI is InChI=1S/C21H24FN9O8P2S4/c22-10-14-8(37-19(10)30-5-26-11-7(23)1-2-25-16(11)30)3-35-40(34,42)38-15-13(32)9(4-36-41(43,44)39-14)45-20(15)31-6-27-12-17(31)28-21(24)29-18(12)33/h1-2,5-6,8-10,13-15,19-20,32H,3-4H2,(H2,23,25)(H,34,42)(H,43,44)(H3,24,28,29,33)/t8-,9-,10+,13-,14-,15-,19-,20-,40?/m1/s1. The van der Waals surface area contributed by atoms with Gasteiger partial charge in [0.25, 0.3) is 5.56 Å². The summed E-state index contributed by atoms with van der Waals surface area (Å²) >= 11 is 16.4. The lowest BCUT2D eigenvalue weighted by Crippen LogP contribution is -2.35. The molecule has 2 bridgehead atoms. The van der Waals surface area contributed by atoms with Gasteiger partial charge in [0, 0.05) is 6.20 Å². The van der Waals surface area contributed by atoms with E-state index in [1.54, 1.807) is 6.07 Å².